The Morgan fingerprint density at radius 3 is 0.920 bits per heavy atom. The smallest absolute Gasteiger partial charge is 0.335 e. The van der Waals surface area contributed by atoms with Crippen LogP contribution in [0.25, 0.3) is 22.8 Å². The minimum Gasteiger partial charge on any atom is -0.478 e. The molecule has 5 aromatic rings. The van der Waals surface area contributed by atoms with Crippen molar-refractivity contribution in [3.8, 4) is 22.8 Å². The van der Waals surface area contributed by atoms with E-state index in [4.69, 9.17) is 24.9 Å². The quantitative estimate of drug-likeness (QED) is 0.213. The molecule has 0 unspecified atom stereocenters. The van der Waals surface area contributed by atoms with Crippen molar-refractivity contribution < 1.29 is 39.6 Å². The lowest BCUT2D eigenvalue weighted by atomic mass is 10.1. The number of hydrogen-bond acceptors (Lipinski definition) is 11. The second kappa shape index (κ2) is 12.9. The summed E-state index contributed by atoms with van der Waals surface area (Å²) in [5.74, 6) is -4.86. The Bertz CT molecular complexity index is 1960. The lowest BCUT2D eigenvalue weighted by Crippen LogP contribution is -2.26. The number of hydrogen-bond donors (Lipinski definition) is 4. The molecule has 4 N–H and O–H groups in total. The van der Waals surface area contributed by atoms with E-state index in [0.29, 0.717) is 34.2 Å². The lowest BCUT2D eigenvalue weighted by Gasteiger charge is -2.23. The van der Waals surface area contributed by atoms with Gasteiger partial charge in [-0.25, -0.2) is 39.1 Å². The van der Waals surface area contributed by atoms with Crippen LogP contribution in [0.15, 0.2) is 66.7 Å². The Labute approximate surface area is 283 Å². The van der Waals surface area contributed by atoms with Gasteiger partial charge >= 0.3 is 23.9 Å². The molecule has 50 heavy (non-hydrogen) atoms. The van der Waals surface area contributed by atoms with E-state index in [2.05, 4.69) is 0 Å². The second-order valence-electron chi connectivity index (χ2n) is 12.1. The third-order valence-electron chi connectivity index (χ3n) is 8.20. The van der Waals surface area contributed by atoms with Gasteiger partial charge in [0.2, 0.25) is 0 Å². The van der Waals surface area contributed by atoms with Crippen LogP contribution in [0, 0.1) is 0 Å². The molecule has 0 fully saturated rings. The molecule has 0 amide bonds. The van der Waals surface area contributed by atoms with Crippen molar-refractivity contribution in [2.45, 2.75) is 39.3 Å². The zero-order valence-electron chi connectivity index (χ0n) is 26.1. The molecule has 12 bridgehead atoms. The summed E-state index contributed by atoms with van der Waals surface area (Å²) in [5, 5.41) is 40.1. The van der Waals surface area contributed by atoms with Gasteiger partial charge in [0, 0.05) is 39.3 Å². The predicted molar refractivity (Wildman–Crippen MR) is 173 cm³/mol. The van der Waals surface area contributed by atoms with Gasteiger partial charge < -0.3 is 20.4 Å². The van der Waals surface area contributed by atoms with Gasteiger partial charge in [0.15, 0.2) is 0 Å². The van der Waals surface area contributed by atoms with Crippen LogP contribution >= 0.6 is 0 Å². The molecule has 15 nitrogen and oxygen atoms in total. The van der Waals surface area contributed by atoms with Crippen LogP contribution in [0.3, 0.4) is 0 Å². The van der Waals surface area contributed by atoms with Crippen LogP contribution in [0.1, 0.15) is 75.6 Å². The largest absolute Gasteiger partial charge is 0.478 e. The van der Waals surface area contributed by atoms with Crippen molar-refractivity contribution in [2.75, 3.05) is 0 Å². The molecule has 0 spiro atoms. The van der Waals surface area contributed by atoms with E-state index in [1.54, 1.807) is 0 Å². The zero-order valence-corrected chi connectivity index (χ0v) is 26.1. The van der Waals surface area contributed by atoms with Gasteiger partial charge in [0.25, 0.3) is 0 Å². The fraction of sp³-hybridized carbons (Fsp3) is 0.171. The molecule has 7 rings (SSSR count). The van der Waals surface area contributed by atoms with Crippen LogP contribution in [-0.2, 0) is 39.3 Å². The van der Waals surface area contributed by atoms with Gasteiger partial charge in [0.05, 0.1) is 79.2 Å². The van der Waals surface area contributed by atoms with E-state index in [9.17, 15) is 39.6 Å². The van der Waals surface area contributed by atoms with Gasteiger partial charge in [0.1, 0.15) is 0 Å². The molecular weight excluding hydrogens is 646 g/mol. The number of carbonyl (C=O) groups is 4. The van der Waals surface area contributed by atoms with Crippen molar-refractivity contribution in [1.82, 2.24) is 34.7 Å². The van der Waals surface area contributed by atoms with Gasteiger partial charge in [-0.1, -0.05) is 6.07 Å². The van der Waals surface area contributed by atoms with Gasteiger partial charge in [-0.3, -0.25) is 14.8 Å². The minimum absolute atomic E-state index is 0.0584. The predicted octanol–water partition coefficient (Wildman–Crippen LogP) is 3.82. The number of rotatable bonds is 4. The molecule has 0 saturated heterocycles. The SMILES string of the molecule is O=C(O)c1cc2nc(c1)-c1cc(C(=O)O)cc(n1)CN1Cc3cccc(n3)CN(C2)Cc2cc(C(=O)O)cc(n2)-c2cc(C(=O)O)cc(n2)C1. The number of aromatic carboxylic acids is 4. The first-order valence-electron chi connectivity index (χ1n) is 15.3. The maximum absolute atomic E-state index is 12.3. The number of carboxylic acids is 4. The molecule has 7 heterocycles. The zero-order chi connectivity index (χ0) is 35.1. The first-order valence-corrected chi connectivity index (χ1v) is 15.3. The average Bonchev–Trinajstić information content (AvgIpc) is 3.07. The van der Waals surface area contributed by atoms with Crippen LogP contribution in [0.4, 0.5) is 0 Å². The molecule has 0 radical (unpaired) electrons. The van der Waals surface area contributed by atoms with Gasteiger partial charge in [-0.2, -0.15) is 0 Å². The molecule has 250 valence electrons. The summed E-state index contributed by atoms with van der Waals surface area (Å²) in [5.41, 5.74) is 2.91. The van der Waals surface area contributed by atoms with Crippen molar-refractivity contribution in [3.63, 3.8) is 0 Å². The number of nitrogens with zero attached hydrogens (tertiary/aromatic N) is 7. The number of aromatic nitrogens is 5. The van der Waals surface area contributed by atoms with Crippen molar-refractivity contribution in [2.24, 2.45) is 0 Å². The second-order valence-corrected chi connectivity index (χ2v) is 12.1. The fourth-order valence-corrected chi connectivity index (χ4v) is 6.11. The average molecular weight is 674 g/mol. The summed E-state index contributed by atoms with van der Waals surface area (Å²) < 4.78 is 0. The lowest BCUT2D eigenvalue weighted by molar-refractivity contribution is 0.0685. The van der Waals surface area contributed by atoms with E-state index in [1.807, 2.05) is 28.0 Å². The van der Waals surface area contributed by atoms with Crippen molar-refractivity contribution >= 4 is 23.9 Å². The van der Waals surface area contributed by atoms with E-state index < -0.39 is 23.9 Å². The summed E-state index contributed by atoms with van der Waals surface area (Å²) in [6.45, 7) is 0.707. The third kappa shape index (κ3) is 6.89. The van der Waals surface area contributed by atoms with E-state index in [-0.39, 0.29) is 84.3 Å². The molecular formula is C35H27N7O8. The van der Waals surface area contributed by atoms with Gasteiger partial charge in [-0.15, -0.1) is 0 Å². The molecule has 0 aliphatic carbocycles. The van der Waals surface area contributed by atoms with Crippen molar-refractivity contribution in [1.29, 1.82) is 0 Å². The maximum atomic E-state index is 12.3. The highest BCUT2D eigenvalue weighted by atomic mass is 16.4. The Kier molecular flexibility index (Phi) is 8.27. The molecule has 5 aromatic heterocycles. The maximum Gasteiger partial charge on any atom is 0.335 e. The standard InChI is InChI=1S/C35H27N7O8/c43-32(44)18-4-24-14-41-12-22-2-1-3-23(36-22)13-42(16-26-6-20(34(47)48)10-30(39-26)28(8-18)37-24)17-27-7-21(35(49)50)11-31(40-27)29-9-19(33(45)46)5-25(15-41)38-29/h1-11H,12-17H2,(H,43,44)(H,45,46)(H,47,48)(H,49,50). The highest BCUT2D eigenvalue weighted by Crippen LogP contribution is 2.26. The molecule has 0 saturated carbocycles. The Morgan fingerprint density at radius 2 is 0.660 bits per heavy atom. The molecule has 0 aromatic carbocycles. The summed E-state index contributed by atoms with van der Waals surface area (Å²) >= 11 is 0. The molecule has 0 atom stereocenters. The van der Waals surface area contributed by atoms with E-state index in [0.717, 1.165) is 0 Å². The Morgan fingerprint density at radius 1 is 0.400 bits per heavy atom. The number of pyridine rings is 5. The monoisotopic (exact) mass is 673 g/mol. The highest BCUT2D eigenvalue weighted by Gasteiger charge is 2.23. The summed E-state index contributed by atoms with van der Waals surface area (Å²) in [6, 6.07) is 16.5. The topological polar surface area (TPSA) is 220 Å². The highest BCUT2D eigenvalue weighted by molar-refractivity contribution is 5.92. The normalized spacial score (nSPS) is 16.6. The summed E-state index contributed by atoms with van der Waals surface area (Å²) in [7, 11) is 0. The summed E-state index contributed by atoms with van der Waals surface area (Å²) in [6.07, 6.45) is 0. The van der Waals surface area contributed by atoms with Crippen LogP contribution in [-0.4, -0.2) is 79.0 Å². The number of fused-ring (bicyclic) bond motifs is 12. The molecule has 2 aliphatic rings. The molecule has 15 heteroatoms. The minimum atomic E-state index is -1.22. The van der Waals surface area contributed by atoms with E-state index >= 15 is 0 Å². The van der Waals surface area contributed by atoms with Crippen LogP contribution in [0.2, 0.25) is 0 Å². The van der Waals surface area contributed by atoms with Crippen LogP contribution < -0.4 is 0 Å². The van der Waals surface area contributed by atoms with Crippen LogP contribution in [0.5, 0.6) is 0 Å². The van der Waals surface area contributed by atoms with Gasteiger partial charge in [-0.05, 0) is 60.7 Å². The Hall–Kier alpha value is -6.45. The molecule has 2 aliphatic heterocycles. The Balaban J connectivity index is 1.52. The van der Waals surface area contributed by atoms with Crippen molar-refractivity contribution in [3.05, 3.63) is 123 Å². The fourth-order valence-electron chi connectivity index (χ4n) is 6.11. The number of carboxylic acid groups (broad SMARTS) is 4. The first-order chi connectivity index (χ1) is 23.9. The third-order valence-corrected chi connectivity index (χ3v) is 8.20. The van der Waals surface area contributed by atoms with E-state index in [1.165, 1.54) is 48.5 Å². The first kappa shape index (κ1) is 32.1. The summed E-state index contributed by atoms with van der Waals surface area (Å²) in [4.78, 5) is 76.6.